The summed E-state index contributed by atoms with van der Waals surface area (Å²) in [7, 11) is -4.30. The lowest BCUT2D eigenvalue weighted by atomic mass is 10.3. The molecule has 0 aliphatic carbocycles. The Bertz CT molecular complexity index is 1030. The maximum atomic E-state index is 14.2. The van der Waals surface area contributed by atoms with E-state index in [2.05, 4.69) is 20.3 Å². The van der Waals surface area contributed by atoms with Gasteiger partial charge in [-0.05, 0) is 23.4 Å². The van der Waals surface area contributed by atoms with Crippen molar-refractivity contribution in [2.24, 2.45) is 16.6 Å². The molecular weight excluding hydrogens is 419 g/mol. The fourth-order valence-corrected chi connectivity index (χ4v) is 3.77. The van der Waals surface area contributed by atoms with E-state index in [-0.39, 0.29) is 10.7 Å². The molecule has 0 radical (unpaired) electrons. The van der Waals surface area contributed by atoms with E-state index in [0.29, 0.717) is 6.07 Å². The highest BCUT2D eigenvalue weighted by Gasteiger charge is 2.22. The van der Waals surface area contributed by atoms with Crippen molar-refractivity contribution < 1.29 is 32.3 Å². The normalized spacial score (nSPS) is 10.8. The predicted octanol–water partition coefficient (Wildman–Crippen LogP) is -0.0753. The van der Waals surface area contributed by atoms with E-state index in [1.807, 2.05) is 4.72 Å². The summed E-state index contributed by atoms with van der Waals surface area (Å²) < 4.78 is 40.8. The molecule has 2 aromatic rings. The van der Waals surface area contributed by atoms with E-state index in [1.54, 1.807) is 0 Å². The summed E-state index contributed by atoms with van der Waals surface area (Å²) in [5.41, 5.74) is 10.3. The van der Waals surface area contributed by atoms with Gasteiger partial charge in [-0.3, -0.25) is 9.52 Å². The largest absolute Gasteiger partial charge is 0.476 e. The number of nitrogens with two attached hydrogens (primary N) is 2. The summed E-state index contributed by atoms with van der Waals surface area (Å²) in [5, 5.41) is 14.0. The second-order valence-electron chi connectivity index (χ2n) is 4.92. The highest BCUT2D eigenvalue weighted by atomic mass is 32.2. The Balaban J connectivity index is 2.14. The van der Waals surface area contributed by atoms with Gasteiger partial charge in [0, 0.05) is 0 Å². The van der Waals surface area contributed by atoms with Crippen LogP contribution in [0.15, 0.2) is 33.8 Å². The molecule has 28 heavy (non-hydrogen) atoms. The first-order valence-electron chi connectivity index (χ1n) is 7.10. The van der Waals surface area contributed by atoms with E-state index in [9.17, 15) is 22.4 Å². The molecule has 0 bridgehead atoms. The Morgan fingerprint density at radius 2 is 2.07 bits per heavy atom. The number of aromatic nitrogens is 1. The monoisotopic (exact) mass is 432 g/mol. The van der Waals surface area contributed by atoms with Gasteiger partial charge in [-0.1, -0.05) is 0 Å². The summed E-state index contributed by atoms with van der Waals surface area (Å²) in [5.74, 6) is -3.69. The van der Waals surface area contributed by atoms with Crippen molar-refractivity contribution in [1.29, 1.82) is 0 Å². The fraction of sp³-hybridized carbons (Fsp3) is 0.0769. The van der Waals surface area contributed by atoms with Gasteiger partial charge in [-0.25, -0.2) is 22.6 Å². The number of aromatic carboxylic acids is 1. The van der Waals surface area contributed by atoms with Crippen LogP contribution in [-0.2, 0) is 19.7 Å². The molecule has 0 spiro atoms. The number of anilines is 2. The first kappa shape index (κ1) is 20.8. The number of thiazole rings is 1. The molecule has 0 saturated carbocycles. The number of guanidine groups is 1. The summed E-state index contributed by atoms with van der Waals surface area (Å²) >= 11 is 0.749. The number of hydrogen-bond donors (Lipinski definition) is 5. The summed E-state index contributed by atoms with van der Waals surface area (Å²) in [6.45, 7) is -0.609. The van der Waals surface area contributed by atoms with Gasteiger partial charge in [-0.15, -0.1) is 11.3 Å². The molecular formula is C13H13FN6O6S2. The van der Waals surface area contributed by atoms with E-state index >= 15 is 0 Å². The zero-order chi connectivity index (χ0) is 20.9. The van der Waals surface area contributed by atoms with Crippen molar-refractivity contribution in [3.63, 3.8) is 0 Å². The molecule has 0 saturated heterocycles. The lowest BCUT2D eigenvalue weighted by Crippen LogP contribution is -2.24. The van der Waals surface area contributed by atoms with E-state index in [4.69, 9.17) is 16.6 Å². The maximum Gasteiger partial charge on any atom is 0.357 e. The number of sulfonamides is 1. The number of carboxylic acid groups (broad SMARTS) is 1. The van der Waals surface area contributed by atoms with E-state index in [0.717, 1.165) is 29.0 Å². The van der Waals surface area contributed by atoms with Crippen LogP contribution in [0.1, 0.15) is 10.5 Å². The van der Waals surface area contributed by atoms with Gasteiger partial charge in [0.1, 0.15) is 10.8 Å². The lowest BCUT2D eigenvalue weighted by Gasteiger charge is -2.09. The Kier molecular flexibility index (Phi) is 6.32. The molecule has 0 unspecified atom stereocenters. The molecule has 12 nitrogen and oxygen atoms in total. The Hall–Kier alpha value is -3.46. The van der Waals surface area contributed by atoms with Crippen LogP contribution in [0.4, 0.5) is 15.1 Å². The quantitative estimate of drug-likeness (QED) is 0.215. The standard InChI is InChI=1S/C13H13FN6O6S2/c14-7-3-6(1-2-8(7)18-9(21)4-26-19-13(15)16)28(24,25)20-11-10(12(22)23)17-5-27-11/h1-3,5,20H,4H2,(H,18,21)(H,22,23)(H4,15,16,19). The topological polar surface area (TPSA) is 199 Å². The van der Waals surface area contributed by atoms with Crippen LogP contribution in [0.3, 0.4) is 0 Å². The second kappa shape index (κ2) is 8.49. The number of nitrogens with one attached hydrogen (secondary N) is 2. The van der Waals surface area contributed by atoms with Crippen LogP contribution in [0.2, 0.25) is 0 Å². The highest BCUT2D eigenvalue weighted by molar-refractivity contribution is 7.93. The average molecular weight is 432 g/mol. The van der Waals surface area contributed by atoms with Crippen molar-refractivity contribution in [3.05, 3.63) is 35.2 Å². The van der Waals surface area contributed by atoms with Crippen molar-refractivity contribution in [1.82, 2.24) is 4.98 Å². The van der Waals surface area contributed by atoms with Gasteiger partial charge in [0.2, 0.25) is 5.96 Å². The van der Waals surface area contributed by atoms with Crippen LogP contribution in [0, 0.1) is 5.82 Å². The third kappa shape index (κ3) is 5.27. The summed E-state index contributed by atoms with van der Waals surface area (Å²) in [6, 6.07) is 2.67. The molecule has 1 heterocycles. The number of oxime groups is 1. The van der Waals surface area contributed by atoms with Gasteiger partial charge in [0.15, 0.2) is 12.3 Å². The third-order valence-corrected chi connectivity index (χ3v) is 5.11. The molecule has 150 valence electrons. The number of carbonyl (C=O) groups is 2. The summed E-state index contributed by atoms with van der Waals surface area (Å²) in [6.07, 6.45) is 0. The van der Waals surface area contributed by atoms with Crippen LogP contribution < -0.4 is 21.5 Å². The fourth-order valence-electron chi connectivity index (χ4n) is 1.77. The predicted molar refractivity (Wildman–Crippen MR) is 96.7 cm³/mol. The minimum atomic E-state index is -4.30. The molecule has 0 atom stereocenters. The molecule has 1 aromatic carbocycles. The number of carbonyl (C=O) groups excluding carboxylic acids is 1. The number of rotatable bonds is 8. The van der Waals surface area contributed by atoms with Crippen molar-refractivity contribution in [2.75, 3.05) is 16.6 Å². The van der Waals surface area contributed by atoms with Crippen LogP contribution in [-0.4, -0.2) is 43.0 Å². The first-order chi connectivity index (χ1) is 13.1. The molecule has 15 heteroatoms. The number of carboxylic acids is 1. The SMILES string of the molecule is NC(N)=NOCC(=O)Nc1ccc(S(=O)(=O)Nc2scnc2C(=O)O)cc1F. The second-order valence-corrected chi connectivity index (χ2v) is 7.46. The van der Waals surface area contributed by atoms with Crippen LogP contribution in [0.25, 0.3) is 0 Å². The van der Waals surface area contributed by atoms with Crippen molar-refractivity contribution in [3.8, 4) is 0 Å². The third-order valence-electron chi connectivity index (χ3n) is 2.89. The highest BCUT2D eigenvalue weighted by Crippen LogP contribution is 2.25. The van der Waals surface area contributed by atoms with E-state index in [1.165, 1.54) is 0 Å². The van der Waals surface area contributed by atoms with Gasteiger partial charge < -0.3 is 26.7 Å². The number of halogens is 1. The van der Waals surface area contributed by atoms with Gasteiger partial charge >= 0.3 is 5.97 Å². The molecule has 0 fully saturated rings. The van der Waals surface area contributed by atoms with Gasteiger partial charge in [0.25, 0.3) is 15.9 Å². The smallest absolute Gasteiger partial charge is 0.357 e. The lowest BCUT2D eigenvalue weighted by molar-refractivity contribution is -0.120. The molecule has 1 aromatic heterocycles. The average Bonchev–Trinajstić information content (AvgIpc) is 3.04. The molecule has 1 amide bonds. The molecule has 0 aliphatic rings. The maximum absolute atomic E-state index is 14.2. The number of hydrogen-bond acceptors (Lipinski definition) is 8. The zero-order valence-corrected chi connectivity index (χ0v) is 15.4. The van der Waals surface area contributed by atoms with Gasteiger partial charge in [0.05, 0.1) is 16.1 Å². The molecule has 7 N–H and O–H groups in total. The summed E-state index contributed by atoms with van der Waals surface area (Å²) in [4.78, 5) is 30.1. The molecule has 2 rings (SSSR count). The minimum absolute atomic E-state index is 0.234. The Morgan fingerprint density at radius 1 is 1.36 bits per heavy atom. The molecule has 0 aliphatic heterocycles. The first-order valence-corrected chi connectivity index (χ1v) is 9.46. The van der Waals surface area contributed by atoms with Gasteiger partial charge in [-0.2, -0.15) is 0 Å². The number of nitrogens with zero attached hydrogens (tertiary/aromatic N) is 2. The van der Waals surface area contributed by atoms with Crippen LogP contribution >= 0.6 is 11.3 Å². The van der Waals surface area contributed by atoms with Crippen molar-refractivity contribution in [2.45, 2.75) is 4.90 Å². The number of benzene rings is 1. The number of amides is 1. The minimum Gasteiger partial charge on any atom is -0.476 e. The Labute approximate surface area is 161 Å². The van der Waals surface area contributed by atoms with E-state index < -0.39 is 50.9 Å². The van der Waals surface area contributed by atoms with Crippen LogP contribution in [0.5, 0.6) is 0 Å². The zero-order valence-electron chi connectivity index (χ0n) is 13.7. The Morgan fingerprint density at radius 3 is 2.68 bits per heavy atom. The van der Waals surface area contributed by atoms with Crippen molar-refractivity contribution >= 4 is 49.9 Å².